The number of likely N-dealkylation sites (tertiary alicyclic amines) is 1. The monoisotopic (exact) mass is 373 g/mol. The lowest BCUT2D eigenvalue weighted by atomic mass is 9.71. The van der Waals surface area contributed by atoms with Crippen LogP contribution >= 0.6 is 0 Å². The number of aromatic amines is 1. The molecule has 2 atom stereocenters. The first kappa shape index (κ1) is 17.7. The summed E-state index contributed by atoms with van der Waals surface area (Å²) in [5.41, 5.74) is -1.64. The molecule has 7 nitrogen and oxygen atoms in total. The van der Waals surface area contributed by atoms with E-state index in [2.05, 4.69) is 10.3 Å². The van der Waals surface area contributed by atoms with E-state index in [1.807, 2.05) is 0 Å². The molecule has 0 unspecified atom stereocenters. The van der Waals surface area contributed by atoms with E-state index >= 15 is 0 Å². The van der Waals surface area contributed by atoms with Crippen LogP contribution in [0.25, 0.3) is 10.9 Å². The summed E-state index contributed by atoms with van der Waals surface area (Å²) >= 11 is 0. The van der Waals surface area contributed by atoms with Crippen LogP contribution in [0.5, 0.6) is 0 Å². The van der Waals surface area contributed by atoms with Crippen LogP contribution in [0, 0.1) is 11.2 Å². The molecule has 2 aliphatic heterocycles. The average molecular weight is 373 g/mol. The van der Waals surface area contributed by atoms with Crippen molar-refractivity contribution in [2.75, 3.05) is 19.6 Å². The molecule has 2 fully saturated rings. The number of hydrogen-bond donors (Lipinski definition) is 3. The number of aromatic nitrogens is 1. The summed E-state index contributed by atoms with van der Waals surface area (Å²) in [4.78, 5) is 42.3. The number of pyridine rings is 1. The topological polar surface area (TPSA) is 102 Å². The second-order valence-corrected chi connectivity index (χ2v) is 7.24. The predicted molar refractivity (Wildman–Crippen MR) is 95.7 cm³/mol. The molecule has 27 heavy (non-hydrogen) atoms. The molecule has 1 aromatic heterocycles. The van der Waals surface area contributed by atoms with Crippen molar-refractivity contribution in [3.63, 3.8) is 0 Å². The summed E-state index contributed by atoms with van der Waals surface area (Å²) in [6.07, 6.45) is 1.86. The van der Waals surface area contributed by atoms with Crippen molar-refractivity contribution >= 4 is 22.7 Å². The number of benzene rings is 1. The second kappa shape index (κ2) is 6.45. The molecule has 4 rings (SSSR count). The third-order valence-electron chi connectivity index (χ3n) is 5.70. The number of hydrogen-bond acceptors (Lipinski definition) is 4. The van der Waals surface area contributed by atoms with Gasteiger partial charge in [-0.15, -0.1) is 0 Å². The highest BCUT2D eigenvalue weighted by Crippen LogP contribution is 2.37. The summed E-state index contributed by atoms with van der Waals surface area (Å²) in [5.74, 6) is -1.34. The van der Waals surface area contributed by atoms with Crippen molar-refractivity contribution in [2.45, 2.75) is 25.4 Å². The fourth-order valence-electron chi connectivity index (χ4n) is 4.16. The Morgan fingerprint density at radius 1 is 1.33 bits per heavy atom. The fraction of sp³-hybridized carbons (Fsp3) is 0.421. The number of amides is 2. The van der Waals surface area contributed by atoms with E-state index in [0.29, 0.717) is 13.0 Å². The molecular formula is C19H20FN3O4. The Balaban J connectivity index is 1.69. The molecule has 3 N–H and O–H groups in total. The normalized spacial score (nSPS) is 25.6. The number of aliphatic hydroxyl groups is 1. The molecule has 2 amide bonds. The number of H-pyrrole nitrogens is 1. The fourth-order valence-corrected chi connectivity index (χ4v) is 4.16. The zero-order valence-corrected chi connectivity index (χ0v) is 14.6. The number of rotatable bonds is 1. The maximum absolute atomic E-state index is 13.8. The van der Waals surface area contributed by atoms with Gasteiger partial charge in [-0.2, -0.15) is 0 Å². The Hall–Kier alpha value is -2.74. The van der Waals surface area contributed by atoms with E-state index in [9.17, 15) is 23.9 Å². The van der Waals surface area contributed by atoms with Crippen molar-refractivity contribution in [3.05, 3.63) is 46.0 Å². The quantitative estimate of drug-likeness (QED) is 0.687. The van der Waals surface area contributed by atoms with Gasteiger partial charge in [-0.1, -0.05) is 6.07 Å². The van der Waals surface area contributed by atoms with Crippen molar-refractivity contribution < 1.29 is 19.1 Å². The average Bonchev–Trinajstić information content (AvgIpc) is 2.67. The van der Waals surface area contributed by atoms with Gasteiger partial charge in [-0.25, -0.2) is 4.39 Å². The number of carbonyl (C=O) groups is 2. The molecule has 0 saturated carbocycles. The van der Waals surface area contributed by atoms with E-state index < -0.39 is 28.7 Å². The highest BCUT2D eigenvalue weighted by molar-refractivity contribution is 5.98. The summed E-state index contributed by atoms with van der Waals surface area (Å²) in [7, 11) is 0. The number of halogens is 1. The standard InChI is InChI=1S/C19H20FN3O4/c20-13-4-1-3-11-15(13)22-9-12(16(11)25)17(26)23-8-5-14(24)19(10-23)6-2-7-21-18(19)27/h1,3-4,9,14,24H,2,5-8,10H2,(H,21,27)(H,22,25)/t14-,19-/m1/s1. The molecule has 0 bridgehead atoms. The lowest BCUT2D eigenvalue weighted by molar-refractivity contribution is -0.147. The minimum Gasteiger partial charge on any atom is -0.392 e. The maximum Gasteiger partial charge on any atom is 0.259 e. The number of nitrogens with one attached hydrogen (secondary N) is 2. The van der Waals surface area contributed by atoms with Crippen LogP contribution in [0.15, 0.2) is 29.2 Å². The number of carbonyl (C=O) groups excluding carboxylic acids is 2. The molecule has 142 valence electrons. The van der Waals surface area contributed by atoms with Crippen LogP contribution in [0.1, 0.15) is 29.6 Å². The summed E-state index contributed by atoms with van der Waals surface area (Å²) in [5, 5.41) is 13.3. The Morgan fingerprint density at radius 3 is 2.93 bits per heavy atom. The van der Waals surface area contributed by atoms with Gasteiger partial charge >= 0.3 is 0 Å². The largest absolute Gasteiger partial charge is 0.392 e. The molecule has 1 aromatic carbocycles. The van der Waals surface area contributed by atoms with E-state index in [-0.39, 0.29) is 41.9 Å². The number of piperidine rings is 2. The third kappa shape index (κ3) is 2.71. The van der Waals surface area contributed by atoms with Gasteiger partial charge in [-0.3, -0.25) is 14.4 Å². The van der Waals surface area contributed by atoms with E-state index in [0.717, 1.165) is 6.42 Å². The Morgan fingerprint density at radius 2 is 2.15 bits per heavy atom. The SMILES string of the molecule is O=C(c1c[nH]c2c(F)cccc2c1=O)N1CC[C@@H](O)[C@@]2(CCCNC2=O)C1. The van der Waals surface area contributed by atoms with Gasteiger partial charge < -0.3 is 20.3 Å². The van der Waals surface area contributed by atoms with Gasteiger partial charge in [0.2, 0.25) is 11.3 Å². The molecule has 3 heterocycles. The minimum absolute atomic E-state index is 0.0521. The maximum atomic E-state index is 13.8. The summed E-state index contributed by atoms with van der Waals surface area (Å²) < 4.78 is 13.8. The van der Waals surface area contributed by atoms with Crippen LogP contribution in [0.4, 0.5) is 4.39 Å². The van der Waals surface area contributed by atoms with Gasteiger partial charge in [0.25, 0.3) is 5.91 Å². The van der Waals surface area contributed by atoms with Gasteiger partial charge in [0.05, 0.1) is 17.0 Å². The zero-order valence-electron chi connectivity index (χ0n) is 14.6. The Bertz CT molecular complexity index is 989. The molecule has 2 saturated heterocycles. The van der Waals surface area contributed by atoms with Gasteiger partial charge in [0, 0.05) is 31.2 Å². The van der Waals surface area contributed by atoms with Crippen LogP contribution in [0.2, 0.25) is 0 Å². The van der Waals surface area contributed by atoms with Crippen molar-refractivity contribution in [1.82, 2.24) is 15.2 Å². The lowest BCUT2D eigenvalue weighted by Crippen LogP contribution is -2.62. The molecule has 8 heteroatoms. The van der Waals surface area contributed by atoms with E-state index in [1.54, 1.807) is 0 Å². The molecule has 2 aliphatic rings. The van der Waals surface area contributed by atoms with Crippen LogP contribution in [-0.2, 0) is 4.79 Å². The third-order valence-corrected chi connectivity index (χ3v) is 5.70. The van der Waals surface area contributed by atoms with Crippen molar-refractivity contribution in [1.29, 1.82) is 0 Å². The Labute approximate surface area is 154 Å². The van der Waals surface area contributed by atoms with Gasteiger partial charge in [0.15, 0.2) is 0 Å². The zero-order chi connectivity index (χ0) is 19.2. The lowest BCUT2D eigenvalue weighted by Gasteiger charge is -2.46. The number of para-hydroxylation sites is 1. The van der Waals surface area contributed by atoms with Crippen LogP contribution in [0.3, 0.4) is 0 Å². The van der Waals surface area contributed by atoms with Crippen molar-refractivity contribution in [3.8, 4) is 0 Å². The summed E-state index contributed by atoms with van der Waals surface area (Å²) in [6.45, 7) is 0.853. The van der Waals surface area contributed by atoms with E-state index in [1.165, 1.54) is 29.3 Å². The minimum atomic E-state index is -1.04. The van der Waals surface area contributed by atoms with Crippen LogP contribution in [-0.4, -0.2) is 52.5 Å². The van der Waals surface area contributed by atoms with Crippen molar-refractivity contribution in [2.24, 2.45) is 5.41 Å². The number of nitrogens with zero attached hydrogens (tertiary/aromatic N) is 1. The molecular weight excluding hydrogens is 353 g/mol. The first-order valence-corrected chi connectivity index (χ1v) is 8.99. The van der Waals surface area contributed by atoms with Gasteiger partial charge in [0.1, 0.15) is 11.4 Å². The van der Waals surface area contributed by atoms with Gasteiger partial charge in [-0.05, 0) is 31.4 Å². The first-order valence-electron chi connectivity index (χ1n) is 8.99. The first-order chi connectivity index (χ1) is 12.9. The summed E-state index contributed by atoms with van der Waals surface area (Å²) in [6, 6.07) is 4.11. The second-order valence-electron chi connectivity index (χ2n) is 7.24. The molecule has 0 radical (unpaired) electrons. The van der Waals surface area contributed by atoms with Crippen LogP contribution < -0.4 is 10.7 Å². The highest BCUT2D eigenvalue weighted by atomic mass is 19.1. The smallest absolute Gasteiger partial charge is 0.259 e. The highest BCUT2D eigenvalue weighted by Gasteiger charge is 2.50. The molecule has 1 spiro atoms. The number of fused-ring (bicyclic) bond motifs is 1. The number of aliphatic hydroxyl groups excluding tert-OH is 1. The molecule has 2 aromatic rings. The Kier molecular flexibility index (Phi) is 4.22. The van der Waals surface area contributed by atoms with E-state index in [4.69, 9.17) is 0 Å². The predicted octanol–water partition coefficient (Wildman–Crippen LogP) is 0.770. The molecule has 0 aliphatic carbocycles.